The Morgan fingerprint density at radius 2 is 2.15 bits per heavy atom. The average Bonchev–Trinajstić information content (AvgIpc) is 2.50. The zero-order chi connectivity index (χ0) is 10.0. The Labute approximate surface area is 76.9 Å². The standard InChI is InChI=1S/C8H14N4O/c1-5(2)12-8(10-4-11-12)7(13)6(3)9/h4-6H,9H2,1-3H3. The van der Waals surface area contributed by atoms with Crippen molar-refractivity contribution in [3.05, 3.63) is 12.2 Å². The third-order valence-electron chi connectivity index (χ3n) is 1.70. The van der Waals surface area contributed by atoms with E-state index in [9.17, 15) is 4.79 Å². The third kappa shape index (κ3) is 1.92. The number of nitrogens with two attached hydrogens (primary N) is 1. The predicted octanol–water partition coefficient (Wildman–Crippen LogP) is 0.389. The van der Waals surface area contributed by atoms with Gasteiger partial charge in [-0.05, 0) is 20.8 Å². The van der Waals surface area contributed by atoms with Crippen molar-refractivity contribution < 1.29 is 4.79 Å². The molecule has 5 heteroatoms. The van der Waals surface area contributed by atoms with Crippen LogP contribution in [0.4, 0.5) is 0 Å². The third-order valence-corrected chi connectivity index (χ3v) is 1.70. The molecule has 0 aliphatic carbocycles. The maximum atomic E-state index is 11.5. The summed E-state index contributed by atoms with van der Waals surface area (Å²) in [6.45, 7) is 5.51. The summed E-state index contributed by atoms with van der Waals surface area (Å²) in [5, 5.41) is 3.95. The lowest BCUT2D eigenvalue weighted by Gasteiger charge is -2.09. The molecule has 1 rings (SSSR count). The van der Waals surface area contributed by atoms with Crippen molar-refractivity contribution in [2.75, 3.05) is 0 Å². The second kappa shape index (κ2) is 3.66. The normalized spacial score (nSPS) is 13.3. The SMILES string of the molecule is CC(N)C(=O)c1ncnn1C(C)C. The minimum atomic E-state index is -0.526. The Hall–Kier alpha value is -1.23. The Morgan fingerprint density at radius 3 is 2.62 bits per heavy atom. The average molecular weight is 182 g/mol. The van der Waals surface area contributed by atoms with E-state index in [2.05, 4.69) is 10.1 Å². The lowest BCUT2D eigenvalue weighted by molar-refractivity contribution is 0.0950. The van der Waals surface area contributed by atoms with Crippen LogP contribution in [0.5, 0.6) is 0 Å². The quantitative estimate of drug-likeness (QED) is 0.686. The molecular formula is C8H14N4O. The van der Waals surface area contributed by atoms with E-state index in [1.54, 1.807) is 11.6 Å². The highest BCUT2D eigenvalue weighted by molar-refractivity contribution is 5.96. The van der Waals surface area contributed by atoms with E-state index >= 15 is 0 Å². The van der Waals surface area contributed by atoms with Crippen LogP contribution in [0.2, 0.25) is 0 Å². The molecule has 0 aliphatic rings. The Balaban J connectivity index is 3.01. The highest BCUT2D eigenvalue weighted by atomic mass is 16.1. The predicted molar refractivity (Wildman–Crippen MR) is 48.4 cm³/mol. The van der Waals surface area contributed by atoms with E-state index in [1.165, 1.54) is 6.33 Å². The summed E-state index contributed by atoms with van der Waals surface area (Å²) in [6.07, 6.45) is 1.37. The van der Waals surface area contributed by atoms with Gasteiger partial charge in [0, 0.05) is 6.04 Å². The molecule has 0 aromatic carbocycles. The molecule has 72 valence electrons. The van der Waals surface area contributed by atoms with Gasteiger partial charge < -0.3 is 5.73 Å². The number of rotatable bonds is 3. The molecule has 0 radical (unpaired) electrons. The first-order valence-corrected chi connectivity index (χ1v) is 4.23. The number of ketones is 1. The fraction of sp³-hybridized carbons (Fsp3) is 0.625. The first kappa shape index (κ1) is 9.85. The van der Waals surface area contributed by atoms with Crippen molar-refractivity contribution in [2.45, 2.75) is 32.9 Å². The summed E-state index contributed by atoms with van der Waals surface area (Å²) in [6, 6.07) is -0.401. The van der Waals surface area contributed by atoms with Gasteiger partial charge in [0.2, 0.25) is 5.78 Å². The highest BCUT2D eigenvalue weighted by Gasteiger charge is 2.18. The number of Topliss-reactive ketones (excluding diaryl/α,β-unsaturated/α-hetero) is 1. The summed E-state index contributed by atoms with van der Waals surface area (Å²) in [4.78, 5) is 15.4. The maximum Gasteiger partial charge on any atom is 0.216 e. The lowest BCUT2D eigenvalue weighted by Crippen LogP contribution is -2.30. The smallest absolute Gasteiger partial charge is 0.216 e. The van der Waals surface area contributed by atoms with E-state index in [4.69, 9.17) is 5.73 Å². The summed E-state index contributed by atoms with van der Waals surface area (Å²) in [7, 11) is 0. The molecule has 1 atom stereocenters. The van der Waals surface area contributed by atoms with E-state index in [0.29, 0.717) is 5.82 Å². The molecule has 0 fully saturated rings. The van der Waals surface area contributed by atoms with Crippen LogP contribution in [-0.2, 0) is 0 Å². The van der Waals surface area contributed by atoms with Crippen LogP contribution >= 0.6 is 0 Å². The zero-order valence-electron chi connectivity index (χ0n) is 8.06. The monoisotopic (exact) mass is 182 g/mol. The van der Waals surface area contributed by atoms with Crippen LogP contribution in [0.1, 0.15) is 37.4 Å². The fourth-order valence-electron chi connectivity index (χ4n) is 1.01. The summed E-state index contributed by atoms with van der Waals surface area (Å²) >= 11 is 0. The molecule has 1 heterocycles. The molecule has 1 aromatic heterocycles. The number of aromatic nitrogens is 3. The molecule has 1 unspecified atom stereocenters. The highest BCUT2D eigenvalue weighted by Crippen LogP contribution is 2.06. The van der Waals surface area contributed by atoms with E-state index in [-0.39, 0.29) is 11.8 Å². The molecule has 13 heavy (non-hydrogen) atoms. The van der Waals surface area contributed by atoms with Crippen molar-refractivity contribution in [2.24, 2.45) is 5.73 Å². The molecule has 5 nitrogen and oxygen atoms in total. The topological polar surface area (TPSA) is 73.8 Å². The van der Waals surface area contributed by atoms with Gasteiger partial charge in [0.15, 0.2) is 5.82 Å². The van der Waals surface area contributed by atoms with Crippen molar-refractivity contribution in [3.63, 3.8) is 0 Å². The molecule has 0 saturated heterocycles. The Morgan fingerprint density at radius 1 is 1.54 bits per heavy atom. The number of carbonyl (C=O) groups is 1. The number of hydrogen-bond acceptors (Lipinski definition) is 4. The molecule has 0 spiro atoms. The molecular weight excluding hydrogens is 168 g/mol. The van der Waals surface area contributed by atoms with Crippen molar-refractivity contribution in [1.82, 2.24) is 14.8 Å². The Kier molecular flexibility index (Phi) is 2.77. The van der Waals surface area contributed by atoms with Crippen LogP contribution < -0.4 is 5.73 Å². The first-order valence-electron chi connectivity index (χ1n) is 4.23. The van der Waals surface area contributed by atoms with E-state index < -0.39 is 6.04 Å². The zero-order valence-corrected chi connectivity index (χ0v) is 8.06. The minimum absolute atomic E-state index is 0.125. The van der Waals surface area contributed by atoms with Crippen molar-refractivity contribution in [3.8, 4) is 0 Å². The second-order valence-corrected chi connectivity index (χ2v) is 3.27. The van der Waals surface area contributed by atoms with Gasteiger partial charge in [-0.2, -0.15) is 5.10 Å². The molecule has 2 N–H and O–H groups in total. The van der Waals surface area contributed by atoms with Gasteiger partial charge in [-0.1, -0.05) is 0 Å². The summed E-state index contributed by atoms with van der Waals surface area (Å²) < 4.78 is 1.58. The maximum absolute atomic E-state index is 11.5. The first-order chi connectivity index (χ1) is 6.04. The minimum Gasteiger partial charge on any atom is -0.321 e. The molecule has 1 aromatic rings. The number of carbonyl (C=O) groups excluding carboxylic acids is 1. The van der Waals surface area contributed by atoms with Crippen LogP contribution in [-0.4, -0.2) is 26.6 Å². The van der Waals surface area contributed by atoms with Crippen LogP contribution in [0, 0.1) is 0 Å². The van der Waals surface area contributed by atoms with E-state index in [1.807, 2.05) is 13.8 Å². The van der Waals surface area contributed by atoms with E-state index in [0.717, 1.165) is 0 Å². The van der Waals surface area contributed by atoms with Crippen LogP contribution in [0.25, 0.3) is 0 Å². The van der Waals surface area contributed by atoms with Gasteiger partial charge in [0.25, 0.3) is 0 Å². The van der Waals surface area contributed by atoms with Crippen molar-refractivity contribution in [1.29, 1.82) is 0 Å². The molecule has 0 bridgehead atoms. The van der Waals surface area contributed by atoms with Gasteiger partial charge in [-0.15, -0.1) is 0 Å². The largest absolute Gasteiger partial charge is 0.321 e. The number of hydrogen-bond donors (Lipinski definition) is 1. The molecule has 0 amide bonds. The summed E-state index contributed by atoms with van der Waals surface area (Å²) in [5.74, 6) is 0.163. The van der Waals surface area contributed by atoms with Crippen LogP contribution in [0.15, 0.2) is 6.33 Å². The molecule has 0 aliphatic heterocycles. The van der Waals surface area contributed by atoms with Crippen molar-refractivity contribution >= 4 is 5.78 Å². The lowest BCUT2D eigenvalue weighted by atomic mass is 10.2. The van der Waals surface area contributed by atoms with Gasteiger partial charge in [0.05, 0.1) is 6.04 Å². The van der Waals surface area contributed by atoms with Crippen LogP contribution in [0.3, 0.4) is 0 Å². The second-order valence-electron chi connectivity index (χ2n) is 3.27. The summed E-state index contributed by atoms with van der Waals surface area (Å²) in [5.41, 5.74) is 5.47. The number of nitrogens with zero attached hydrogens (tertiary/aromatic N) is 3. The fourth-order valence-corrected chi connectivity index (χ4v) is 1.01. The van der Waals surface area contributed by atoms with Gasteiger partial charge in [-0.25, -0.2) is 9.67 Å². The Bertz CT molecular complexity index is 303. The van der Waals surface area contributed by atoms with Gasteiger partial charge in [0.1, 0.15) is 6.33 Å². The van der Waals surface area contributed by atoms with Gasteiger partial charge in [-0.3, -0.25) is 4.79 Å². The molecule has 0 saturated carbocycles. The van der Waals surface area contributed by atoms with Gasteiger partial charge >= 0.3 is 0 Å².